The van der Waals surface area contributed by atoms with Gasteiger partial charge in [-0.25, -0.2) is 9.59 Å². The fraction of sp³-hybridized carbons (Fsp3) is 0.240. The van der Waals surface area contributed by atoms with Crippen LogP contribution in [0.25, 0.3) is 0 Å². The van der Waals surface area contributed by atoms with E-state index in [4.69, 9.17) is 9.47 Å². The van der Waals surface area contributed by atoms with E-state index in [1.54, 1.807) is 13.8 Å². The van der Waals surface area contributed by atoms with Gasteiger partial charge in [-0.2, -0.15) is 0 Å². The highest BCUT2D eigenvalue weighted by molar-refractivity contribution is 5.99. The second-order valence-electron chi connectivity index (χ2n) is 7.41. The Balaban J connectivity index is 1.66. The second-order valence-corrected chi connectivity index (χ2v) is 7.41. The summed E-state index contributed by atoms with van der Waals surface area (Å²) in [6, 6.07) is 19.2. The molecule has 32 heavy (non-hydrogen) atoms. The summed E-state index contributed by atoms with van der Waals surface area (Å²) in [5, 5.41) is 2.95. The first-order valence-electron chi connectivity index (χ1n) is 10.2. The van der Waals surface area contributed by atoms with Gasteiger partial charge < -0.3 is 19.8 Å². The number of ether oxygens (including phenoxy) is 2. The molecule has 0 bridgehead atoms. The number of nitrogens with one attached hydrogen (secondary N) is 2. The van der Waals surface area contributed by atoms with Gasteiger partial charge in [-0.05, 0) is 37.0 Å². The van der Waals surface area contributed by atoms with E-state index in [2.05, 4.69) is 10.3 Å². The number of carbonyl (C=O) groups excluding carboxylic acids is 3. The number of aromatic nitrogens is 1. The zero-order valence-electron chi connectivity index (χ0n) is 18.3. The Morgan fingerprint density at radius 3 is 2.19 bits per heavy atom. The number of carbonyl (C=O) groups is 3. The molecule has 0 radical (unpaired) electrons. The van der Waals surface area contributed by atoms with Crippen molar-refractivity contribution in [3.8, 4) is 0 Å². The Labute approximate surface area is 186 Å². The van der Waals surface area contributed by atoms with Gasteiger partial charge in [0.15, 0.2) is 6.61 Å². The predicted molar refractivity (Wildman–Crippen MR) is 119 cm³/mol. The molecule has 2 aromatic carbocycles. The molecule has 3 aromatic rings. The number of benzene rings is 2. The number of aryl methyl sites for hydroxylation is 1. The fourth-order valence-electron chi connectivity index (χ4n) is 3.59. The molecule has 0 aliphatic carbocycles. The van der Waals surface area contributed by atoms with Gasteiger partial charge in [0.25, 0.3) is 5.91 Å². The fourth-order valence-corrected chi connectivity index (χ4v) is 3.59. The molecule has 1 atom stereocenters. The van der Waals surface area contributed by atoms with E-state index in [0.29, 0.717) is 17.7 Å². The number of hydrogen-bond donors (Lipinski definition) is 2. The van der Waals surface area contributed by atoms with Crippen LogP contribution in [0.4, 0.5) is 0 Å². The normalized spacial score (nSPS) is 11.5. The van der Waals surface area contributed by atoms with Crippen molar-refractivity contribution in [3.05, 3.63) is 94.3 Å². The largest absolute Gasteiger partial charge is 0.465 e. The van der Waals surface area contributed by atoms with E-state index in [1.165, 1.54) is 7.11 Å². The molecular formula is C25H26N2O5. The average Bonchev–Trinajstić information content (AvgIpc) is 3.11. The summed E-state index contributed by atoms with van der Waals surface area (Å²) in [5.41, 5.74) is 3.36. The van der Waals surface area contributed by atoms with Crippen molar-refractivity contribution in [2.45, 2.75) is 26.3 Å². The lowest BCUT2D eigenvalue weighted by atomic mass is 9.99. The van der Waals surface area contributed by atoms with E-state index < -0.39 is 24.5 Å². The summed E-state index contributed by atoms with van der Waals surface area (Å²) in [6.07, 6.45) is 0.599. The van der Waals surface area contributed by atoms with Gasteiger partial charge in [0.05, 0.1) is 18.7 Å². The lowest BCUT2D eigenvalue weighted by Crippen LogP contribution is -2.33. The number of esters is 2. The van der Waals surface area contributed by atoms with E-state index in [-0.39, 0.29) is 17.3 Å². The highest BCUT2D eigenvalue weighted by Crippen LogP contribution is 2.20. The number of amides is 1. The van der Waals surface area contributed by atoms with E-state index in [1.807, 2.05) is 60.7 Å². The summed E-state index contributed by atoms with van der Waals surface area (Å²) in [6.45, 7) is 2.84. The highest BCUT2D eigenvalue weighted by Gasteiger charge is 2.24. The number of methoxy groups -OCH3 is 1. The third-order valence-corrected chi connectivity index (χ3v) is 5.19. The van der Waals surface area contributed by atoms with Gasteiger partial charge >= 0.3 is 11.9 Å². The maximum absolute atomic E-state index is 12.6. The van der Waals surface area contributed by atoms with Crippen molar-refractivity contribution in [1.29, 1.82) is 0 Å². The molecule has 0 saturated heterocycles. The van der Waals surface area contributed by atoms with Crippen LogP contribution in [0.3, 0.4) is 0 Å². The van der Waals surface area contributed by atoms with Crippen LogP contribution in [0.1, 0.15) is 49.3 Å². The number of hydrogen-bond acceptors (Lipinski definition) is 5. The lowest BCUT2D eigenvalue weighted by molar-refractivity contribution is -0.125. The molecule has 0 spiro atoms. The first kappa shape index (κ1) is 22.8. The van der Waals surface area contributed by atoms with Crippen LogP contribution in [-0.2, 0) is 20.7 Å². The van der Waals surface area contributed by atoms with Gasteiger partial charge in [0.1, 0.15) is 5.69 Å². The van der Waals surface area contributed by atoms with Crippen LogP contribution < -0.4 is 5.32 Å². The van der Waals surface area contributed by atoms with Gasteiger partial charge in [0.2, 0.25) is 0 Å². The van der Waals surface area contributed by atoms with Gasteiger partial charge in [-0.3, -0.25) is 4.79 Å². The molecular weight excluding hydrogens is 408 g/mol. The van der Waals surface area contributed by atoms with Crippen molar-refractivity contribution >= 4 is 17.8 Å². The Morgan fingerprint density at radius 1 is 0.938 bits per heavy atom. The number of rotatable bonds is 8. The minimum Gasteiger partial charge on any atom is -0.465 e. The molecule has 3 rings (SSSR count). The molecule has 0 saturated carbocycles. The molecule has 0 fully saturated rings. The van der Waals surface area contributed by atoms with E-state index >= 15 is 0 Å². The van der Waals surface area contributed by atoms with Crippen LogP contribution in [-0.4, -0.2) is 36.5 Å². The Hall–Kier alpha value is -3.87. The van der Waals surface area contributed by atoms with Crippen LogP contribution in [0.2, 0.25) is 0 Å². The minimum atomic E-state index is -0.713. The zero-order valence-corrected chi connectivity index (χ0v) is 18.3. The SMILES string of the molecule is COC(=O)c1c(C)[nH]c(C(=O)OCC(=O)NC(Cc2ccccc2)c2ccccc2)c1C. The molecule has 1 amide bonds. The van der Waals surface area contributed by atoms with Crippen molar-refractivity contribution < 1.29 is 23.9 Å². The van der Waals surface area contributed by atoms with Gasteiger partial charge in [-0.15, -0.1) is 0 Å². The highest BCUT2D eigenvalue weighted by atomic mass is 16.5. The summed E-state index contributed by atoms with van der Waals surface area (Å²) in [5.74, 6) is -1.67. The van der Waals surface area contributed by atoms with Crippen molar-refractivity contribution in [3.63, 3.8) is 0 Å². The third-order valence-electron chi connectivity index (χ3n) is 5.19. The van der Waals surface area contributed by atoms with Crippen molar-refractivity contribution in [1.82, 2.24) is 10.3 Å². The Morgan fingerprint density at radius 2 is 1.56 bits per heavy atom. The van der Waals surface area contributed by atoms with Crippen molar-refractivity contribution in [2.24, 2.45) is 0 Å². The molecule has 7 nitrogen and oxygen atoms in total. The topological polar surface area (TPSA) is 97.5 Å². The van der Waals surface area contributed by atoms with Gasteiger partial charge in [-0.1, -0.05) is 60.7 Å². The first-order valence-corrected chi connectivity index (χ1v) is 10.2. The molecule has 1 unspecified atom stereocenters. The quantitative estimate of drug-likeness (QED) is 0.527. The monoisotopic (exact) mass is 434 g/mol. The van der Waals surface area contributed by atoms with E-state index in [0.717, 1.165) is 11.1 Å². The van der Waals surface area contributed by atoms with Gasteiger partial charge in [0, 0.05) is 5.69 Å². The summed E-state index contributed by atoms with van der Waals surface area (Å²) in [4.78, 5) is 39.8. The Kier molecular flexibility index (Phi) is 7.44. The van der Waals surface area contributed by atoms with Crippen LogP contribution in [0, 0.1) is 13.8 Å². The average molecular weight is 434 g/mol. The molecule has 0 aliphatic rings. The van der Waals surface area contributed by atoms with Crippen LogP contribution in [0.15, 0.2) is 60.7 Å². The molecule has 0 aliphatic heterocycles. The summed E-state index contributed by atoms with van der Waals surface area (Å²) < 4.78 is 9.95. The number of H-pyrrole nitrogens is 1. The molecule has 1 aromatic heterocycles. The maximum atomic E-state index is 12.6. The predicted octanol–water partition coefficient (Wildman–Crippen LogP) is 3.68. The first-order chi connectivity index (χ1) is 15.4. The maximum Gasteiger partial charge on any atom is 0.355 e. The standard InChI is InChI=1S/C25H26N2O5/c1-16-22(24(29)31-3)17(2)26-23(16)25(30)32-15-21(28)27-20(19-12-8-5-9-13-19)14-18-10-6-4-7-11-18/h4-13,20,26H,14-15H2,1-3H3,(H,27,28). The lowest BCUT2D eigenvalue weighted by Gasteiger charge is -2.19. The van der Waals surface area contributed by atoms with Crippen LogP contribution in [0.5, 0.6) is 0 Å². The molecule has 1 heterocycles. The Bertz CT molecular complexity index is 1090. The smallest absolute Gasteiger partial charge is 0.355 e. The minimum absolute atomic E-state index is 0.125. The van der Waals surface area contributed by atoms with E-state index in [9.17, 15) is 14.4 Å². The molecule has 2 N–H and O–H groups in total. The number of aromatic amines is 1. The van der Waals surface area contributed by atoms with Crippen LogP contribution >= 0.6 is 0 Å². The van der Waals surface area contributed by atoms with Crippen molar-refractivity contribution in [2.75, 3.05) is 13.7 Å². The molecule has 7 heteroatoms. The molecule has 166 valence electrons. The third kappa shape index (κ3) is 5.43. The zero-order chi connectivity index (χ0) is 23.1. The summed E-state index contributed by atoms with van der Waals surface area (Å²) >= 11 is 0. The second kappa shape index (κ2) is 10.4. The summed E-state index contributed by atoms with van der Waals surface area (Å²) in [7, 11) is 1.27.